The minimum Gasteiger partial charge on any atom is -0.481 e. The van der Waals surface area contributed by atoms with E-state index in [1.807, 2.05) is 0 Å². The lowest BCUT2D eigenvalue weighted by Crippen LogP contribution is -2.17. The number of rotatable bonds is 2. The summed E-state index contributed by atoms with van der Waals surface area (Å²) in [6.45, 7) is 1.26. The maximum absolute atomic E-state index is 10.4. The highest BCUT2D eigenvalue weighted by Gasteiger charge is 2.42. The van der Waals surface area contributed by atoms with E-state index in [1.54, 1.807) is 0 Å². The van der Waals surface area contributed by atoms with Crippen LogP contribution in [0.25, 0.3) is 0 Å². The predicted molar refractivity (Wildman–Crippen MR) is 39.5 cm³/mol. The van der Waals surface area contributed by atoms with Crippen molar-refractivity contribution in [3.63, 3.8) is 0 Å². The van der Waals surface area contributed by atoms with Gasteiger partial charge in [-0.1, -0.05) is 0 Å². The zero-order chi connectivity index (χ0) is 8.55. The van der Waals surface area contributed by atoms with E-state index in [-0.39, 0.29) is 18.6 Å². The van der Waals surface area contributed by atoms with E-state index in [9.17, 15) is 4.79 Å². The summed E-state index contributed by atoms with van der Waals surface area (Å²) in [7, 11) is 0. The van der Waals surface area contributed by atoms with Gasteiger partial charge in [-0.15, -0.1) is 0 Å². The average molecular weight is 172 g/mol. The molecule has 0 saturated carbocycles. The highest BCUT2D eigenvalue weighted by atomic mass is 16.7. The lowest BCUT2D eigenvalue weighted by molar-refractivity contribution is -0.138. The van der Waals surface area contributed by atoms with E-state index in [0.717, 1.165) is 6.42 Å². The van der Waals surface area contributed by atoms with E-state index in [2.05, 4.69) is 0 Å². The van der Waals surface area contributed by atoms with E-state index < -0.39 is 5.97 Å². The fourth-order valence-corrected chi connectivity index (χ4v) is 1.99. The normalized spacial score (nSPS) is 39.8. The summed E-state index contributed by atoms with van der Waals surface area (Å²) >= 11 is 0. The van der Waals surface area contributed by atoms with Gasteiger partial charge in [0.25, 0.3) is 0 Å². The van der Waals surface area contributed by atoms with Crippen LogP contribution in [-0.4, -0.2) is 30.6 Å². The van der Waals surface area contributed by atoms with Gasteiger partial charge in [-0.05, 0) is 6.42 Å². The summed E-state index contributed by atoms with van der Waals surface area (Å²) in [4.78, 5) is 10.4. The number of carboxylic acid groups (broad SMARTS) is 1. The van der Waals surface area contributed by atoms with Gasteiger partial charge in [0.05, 0.1) is 19.6 Å². The minimum absolute atomic E-state index is 0.116. The maximum Gasteiger partial charge on any atom is 0.303 e. The largest absolute Gasteiger partial charge is 0.481 e. The summed E-state index contributed by atoms with van der Waals surface area (Å²) in [6, 6.07) is 0. The molecule has 2 heterocycles. The predicted octanol–water partition coefficient (Wildman–Crippen LogP) is 0.470. The molecule has 12 heavy (non-hydrogen) atoms. The molecule has 4 nitrogen and oxygen atoms in total. The van der Waals surface area contributed by atoms with Crippen molar-refractivity contribution in [3.8, 4) is 0 Å². The zero-order valence-electron chi connectivity index (χ0n) is 6.73. The topological polar surface area (TPSA) is 55.8 Å². The van der Waals surface area contributed by atoms with E-state index in [0.29, 0.717) is 19.1 Å². The first-order valence-electron chi connectivity index (χ1n) is 4.22. The molecule has 2 aliphatic heterocycles. The SMILES string of the molecule is O=C(O)C[C@H]1CO[C@H]2OCC[C@@H]12. The van der Waals surface area contributed by atoms with Crippen LogP contribution in [-0.2, 0) is 14.3 Å². The van der Waals surface area contributed by atoms with Crippen LogP contribution in [0.3, 0.4) is 0 Å². The minimum atomic E-state index is -0.740. The molecule has 3 atom stereocenters. The summed E-state index contributed by atoms with van der Waals surface area (Å²) < 4.78 is 10.6. The fraction of sp³-hybridized carbons (Fsp3) is 0.875. The Morgan fingerprint density at radius 1 is 1.50 bits per heavy atom. The van der Waals surface area contributed by atoms with Crippen LogP contribution in [0, 0.1) is 11.8 Å². The van der Waals surface area contributed by atoms with Crippen molar-refractivity contribution in [3.05, 3.63) is 0 Å². The third kappa shape index (κ3) is 1.32. The summed E-state index contributed by atoms with van der Waals surface area (Å²) in [5.74, 6) is -0.257. The molecule has 0 spiro atoms. The van der Waals surface area contributed by atoms with Gasteiger partial charge in [0.15, 0.2) is 6.29 Å². The molecule has 0 amide bonds. The van der Waals surface area contributed by atoms with Crippen LogP contribution < -0.4 is 0 Å². The average Bonchev–Trinajstić information content (AvgIpc) is 2.52. The first kappa shape index (κ1) is 8.01. The molecule has 2 rings (SSSR count). The molecule has 0 aromatic rings. The Bertz CT molecular complexity index is 191. The molecular weight excluding hydrogens is 160 g/mol. The van der Waals surface area contributed by atoms with Gasteiger partial charge in [-0.3, -0.25) is 4.79 Å². The second-order valence-corrected chi connectivity index (χ2v) is 3.38. The molecule has 0 aromatic heterocycles. The van der Waals surface area contributed by atoms with Gasteiger partial charge < -0.3 is 14.6 Å². The third-order valence-corrected chi connectivity index (χ3v) is 2.60. The molecule has 0 aromatic carbocycles. The lowest BCUT2D eigenvalue weighted by Gasteiger charge is -2.11. The highest BCUT2D eigenvalue weighted by Crippen LogP contribution is 2.36. The number of ether oxygens (including phenoxy) is 2. The van der Waals surface area contributed by atoms with Crippen molar-refractivity contribution in [2.45, 2.75) is 19.1 Å². The van der Waals surface area contributed by atoms with E-state index in [4.69, 9.17) is 14.6 Å². The van der Waals surface area contributed by atoms with Crippen molar-refractivity contribution in [1.82, 2.24) is 0 Å². The summed E-state index contributed by atoms with van der Waals surface area (Å²) in [5.41, 5.74) is 0. The second kappa shape index (κ2) is 3.03. The van der Waals surface area contributed by atoms with Gasteiger partial charge in [0.2, 0.25) is 0 Å². The Labute approximate surface area is 70.5 Å². The van der Waals surface area contributed by atoms with Crippen LogP contribution in [0.2, 0.25) is 0 Å². The van der Waals surface area contributed by atoms with Crippen LogP contribution in [0.5, 0.6) is 0 Å². The monoisotopic (exact) mass is 172 g/mol. The first-order chi connectivity index (χ1) is 5.77. The Morgan fingerprint density at radius 3 is 3.08 bits per heavy atom. The highest BCUT2D eigenvalue weighted by molar-refractivity contribution is 5.67. The number of hydrogen-bond donors (Lipinski definition) is 1. The van der Waals surface area contributed by atoms with Gasteiger partial charge in [0.1, 0.15) is 0 Å². The second-order valence-electron chi connectivity index (χ2n) is 3.38. The molecule has 4 heteroatoms. The number of fused-ring (bicyclic) bond motifs is 1. The fourth-order valence-electron chi connectivity index (χ4n) is 1.99. The van der Waals surface area contributed by atoms with Crippen LogP contribution in [0.1, 0.15) is 12.8 Å². The molecule has 0 bridgehead atoms. The van der Waals surface area contributed by atoms with Crippen molar-refractivity contribution in [2.24, 2.45) is 11.8 Å². The van der Waals surface area contributed by atoms with Crippen molar-refractivity contribution in [2.75, 3.05) is 13.2 Å². The van der Waals surface area contributed by atoms with Crippen molar-refractivity contribution in [1.29, 1.82) is 0 Å². The summed E-state index contributed by atoms with van der Waals surface area (Å²) in [6.07, 6.45) is 1.04. The molecule has 1 N–H and O–H groups in total. The zero-order valence-corrected chi connectivity index (χ0v) is 6.73. The van der Waals surface area contributed by atoms with Crippen LogP contribution in [0.4, 0.5) is 0 Å². The molecule has 2 saturated heterocycles. The number of carbonyl (C=O) groups is 1. The standard InChI is InChI=1S/C8H12O4/c9-7(10)3-5-4-12-8-6(5)1-2-11-8/h5-6,8H,1-4H2,(H,9,10)/t5-,6-,8+/m0/s1. The van der Waals surface area contributed by atoms with E-state index >= 15 is 0 Å². The molecular formula is C8H12O4. The molecule has 2 aliphatic rings. The molecule has 0 radical (unpaired) electrons. The van der Waals surface area contributed by atoms with Gasteiger partial charge >= 0.3 is 5.97 Å². The Hall–Kier alpha value is -0.610. The number of hydrogen-bond acceptors (Lipinski definition) is 3. The van der Waals surface area contributed by atoms with Crippen LogP contribution in [0.15, 0.2) is 0 Å². The number of aliphatic carboxylic acids is 1. The summed E-state index contributed by atoms with van der Waals surface area (Å²) in [5, 5.41) is 8.60. The van der Waals surface area contributed by atoms with Gasteiger partial charge in [-0.2, -0.15) is 0 Å². The van der Waals surface area contributed by atoms with Gasteiger partial charge in [0, 0.05) is 11.8 Å². The third-order valence-electron chi connectivity index (χ3n) is 2.60. The Kier molecular flexibility index (Phi) is 2.02. The lowest BCUT2D eigenvalue weighted by atomic mass is 9.91. The number of carboxylic acids is 1. The maximum atomic E-state index is 10.4. The molecule has 2 fully saturated rings. The molecule has 0 unspecified atom stereocenters. The van der Waals surface area contributed by atoms with Crippen molar-refractivity contribution < 1.29 is 19.4 Å². The van der Waals surface area contributed by atoms with Crippen molar-refractivity contribution >= 4 is 5.97 Å². The van der Waals surface area contributed by atoms with Crippen LogP contribution >= 0.6 is 0 Å². The first-order valence-corrected chi connectivity index (χ1v) is 4.22. The Balaban J connectivity index is 1.95. The van der Waals surface area contributed by atoms with E-state index in [1.165, 1.54) is 0 Å². The Morgan fingerprint density at radius 2 is 2.33 bits per heavy atom. The molecule has 68 valence electrons. The van der Waals surface area contributed by atoms with Gasteiger partial charge in [-0.25, -0.2) is 0 Å². The molecule has 0 aliphatic carbocycles. The smallest absolute Gasteiger partial charge is 0.303 e. The quantitative estimate of drug-likeness (QED) is 0.657.